The Kier molecular flexibility index (Phi) is 7.18. The van der Waals surface area contributed by atoms with E-state index < -0.39 is 18.3 Å². The summed E-state index contributed by atoms with van der Waals surface area (Å²) >= 11 is 0. The Hall–Kier alpha value is -2.24. The molecule has 0 spiro atoms. The minimum atomic E-state index is -0.845. The summed E-state index contributed by atoms with van der Waals surface area (Å²) in [5.41, 5.74) is 1.56. The number of hydrogen-bond acceptors (Lipinski definition) is 5. The van der Waals surface area contributed by atoms with Gasteiger partial charge in [-0.3, -0.25) is 9.78 Å². The second-order valence-electron chi connectivity index (χ2n) is 7.43. The quantitative estimate of drug-likeness (QED) is 0.524. The number of carbonyl (C=O) groups is 1. The van der Waals surface area contributed by atoms with Gasteiger partial charge < -0.3 is 14.9 Å². The van der Waals surface area contributed by atoms with E-state index in [2.05, 4.69) is 11.9 Å². The third-order valence-electron chi connectivity index (χ3n) is 5.26. The Morgan fingerprint density at radius 1 is 1.25 bits per heavy atom. The molecule has 0 saturated carbocycles. The van der Waals surface area contributed by atoms with E-state index in [0.717, 1.165) is 42.0 Å². The fourth-order valence-corrected chi connectivity index (χ4v) is 3.66. The average molecular weight is 383 g/mol. The van der Waals surface area contributed by atoms with Gasteiger partial charge in [-0.05, 0) is 24.6 Å². The number of pyridine rings is 1. The molecule has 2 N–H and O–H groups in total. The third kappa shape index (κ3) is 4.97. The molecule has 0 radical (unpaired) electrons. The van der Waals surface area contributed by atoms with E-state index in [9.17, 15) is 15.0 Å². The molecule has 1 aliphatic heterocycles. The summed E-state index contributed by atoms with van der Waals surface area (Å²) in [6.07, 6.45) is 9.00. The average Bonchev–Trinajstić information content (AvgIpc) is 2.71. The predicted octanol–water partition coefficient (Wildman–Crippen LogP) is 4.32. The topological polar surface area (TPSA) is 79.7 Å². The molecule has 1 aromatic carbocycles. The van der Waals surface area contributed by atoms with Crippen molar-refractivity contribution in [2.24, 2.45) is 0 Å². The second-order valence-corrected chi connectivity index (χ2v) is 7.43. The smallest absolute Gasteiger partial charge is 0.306 e. The monoisotopic (exact) mass is 383 g/mol. The van der Waals surface area contributed by atoms with Crippen LogP contribution in [0.15, 0.2) is 36.5 Å². The van der Waals surface area contributed by atoms with Gasteiger partial charge in [-0.15, -0.1) is 0 Å². The number of hydrogen-bond donors (Lipinski definition) is 2. The molecule has 1 fully saturated rings. The molecule has 0 bridgehead atoms. The van der Waals surface area contributed by atoms with E-state index in [1.807, 2.05) is 30.3 Å². The highest BCUT2D eigenvalue weighted by Crippen LogP contribution is 2.29. The van der Waals surface area contributed by atoms with Gasteiger partial charge in [-0.1, -0.05) is 62.6 Å². The van der Waals surface area contributed by atoms with Crippen molar-refractivity contribution < 1.29 is 19.7 Å². The molecule has 28 heavy (non-hydrogen) atoms. The number of esters is 1. The highest BCUT2D eigenvalue weighted by Gasteiger charge is 2.25. The maximum atomic E-state index is 11.4. The van der Waals surface area contributed by atoms with Crippen LogP contribution in [0.1, 0.15) is 69.2 Å². The lowest BCUT2D eigenvalue weighted by atomic mass is 9.98. The molecule has 2 unspecified atom stereocenters. The van der Waals surface area contributed by atoms with E-state index in [1.54, 1.807) is 12.3 Å². The van der Waals surface area contributed by atoms with Crippen molar-refractivity contribution in [3.8, 4) is 0 Å². The summed E-state index contributed by atoms with van der Waals surface area (Å²) in [6, 6.07) is 7.85. The van der Waals surface area contributed by atoms with Gasteiger partial charge in [0.05, 0.1) is 11.8 Å². The van der Waals surface area contributed by atoms with Crippen LogP contribution in [-0.4, -0.2) is 33.4 Å². The number of aliphatic hydroxyl groups is 2. The third-order valence-corrected chi connectivity index (χ3v) is 5.26. The Balaban J connectivity index is 1.80. The zero-order valence-corrected chi connectivity index (χ0v) is 16.4. The van der Waals surface area contributed by atoms with Crippen molar-refractivity contribution in [2.45, 2.75) is 70.2 Å². The second kappa shape index (κ2) is 9.80. The molecule has 1 aliphatic rings. The largest absolute Gasteiger partial charge is 0.459 e. The van der Waals surface area contributed by atoms with E-state index in [1.165, 1.54) is 0 Å². The molecular formula is C23H29NO4. The zero-order valence-electron chi connectivity index (χ0n) is 16.4. The number of benzene rings is 1. The molecule has 2 aromatic rings. The summed E-state index contributed by atoms with van der Waals surface area (Å²) in [5, 5.41) is 22.8. The van der Waals surface area contributed by atoms with Crippen molar-refractivity contribution in [3.05, 3.63) is 47.8 Å². The van der Waals surface area contributed by atoms with Gasteiger partial charge in [-0.2, -0.15) is 0 Å². The number of nitrogens with zero attached hydrogens (tertiary/aromatic N) is 1. The minimum absolute atomic E-state index is 0.253. The Morgan fingerprint density at radius 2 is 2.04 bits per heavy atom. The normalized spacial score (nSPS) is 19.7. The molecule has 3 atom stereocenters. The summed E-state index contributed by atoms with van der Waals surface area (Å²) in [5.74, 6) is -0.253. The summed E-state index contributed by atoms with van der Waals surface area (Å²) < 4.78 is 5.23. The maximum Gasteiger partial charge on any atom is 0.306 e. The number of carbonyl (C=O) groups excluding carboxylic acids is 1. The van der Waals surface area contributed by atoms with E-state index in [-0.39, 0.29) is 5.97 Å². The molecule has 5 heteroatoms. The first-order valence-electron chi connectivity index (χ1n) is 10.2. The van der Waals surface area contributed by atoms with Crippen molar-refractivity contribution in [3.63, 3.8) is 0 Å². The van der Waals surface area contributed by atoms with E-state index in [4.69, 9.17) is 4.74 Å². The fraction of sp³-hybridized carbons (Fsp3) is 0.478. The van der Waals surface area contributed by atoms with Gasteiger partial charge >= 0.3 is 5.97 Å². The number of rotatable bonds is 8. The zero-order chi connectivity index (χ0) is 19.9. The molecular weight excluding hydrogens is 354 g/mol. The van der Waals surface area contributed by atoms with Gasteiger partial charge in [0.15, 0.2) is 0 Å². The van der Waals surface area contributed by atoms with Crippen LogP contribution >= 0.6 is 0 Å². The fourth-order valence-electron chi connectivity index (χ4n) is 3.66. The summed E-state index contributed by atoms with van der Waals surface area (Å²) in [4.78, 5) is 16.0. The summed E-state index contributed by atoms with van der Waals surface area (Å²) in [7, 11) is 0. The maximum absolute atomic E-state index is 11.4. The van der Waals surface area contributed by atoms with E-state index in [0.29, 0.717) is 25.0 Å². The van der Waals surface area contributed by atoms with Crippen LogP contribution in [0.3, 0.4) is 0 Å². The molecule has 2 heterocycles. The Bertz CT molecular complexity index is 832. The number of cyclic esters (lactones) is 1. The highest BCUT2D eigenvalue weighted by atomic mass is 16.6. The Labute approximate surface area is 166 Å². The highest BCUT2D eigenvalue weighted by molar-refractivity contribution is 5.92. The Morgan fingerprint density at radius 3 is 2.79 bits per heavy atom. The van der Waals surface area contributed by atoms with Crippen molar-refractivity contribution >= 4 is 22.8 Å². The lowest BCUT2D eigenvalue weighted by Crippen LogP contribution is -2.33. The van der Waals surface area contributed by atoms with Crippen LogP contribution in [0.2, 0.25) is 0 Å². The van der Waals surface area contributed by atoms with Crippen LogP contribution in [0.25, 0.3) is 16.8 Å². The first-order valence-corrected chi connectivity index (χ1v) is 10.2. The van der Waals surface area contributed by atoms with Crippen LogP contribution < -0.4 is 0 Å². The summed E-state index contributed by atoms with van der Waals surface area (Å²) in [6.45, 7) is 2.14. The lowest BCUT2D eigenvalue weighted by Gasteiger charge is -2.24. The number of fused-ring (bicyclic) bond motifs is 1. The first-order chi connectivity index (χ1) is 13.6. The van der Waals surface area contributed by atoms with Crippen molar-refractivity contribution in [1.82, 2.24) is 4.98 Å². The number of aromatic nitrogens is 1. The molecule has 0 amide bonds. The number of aliphatic hydroxyl groups excluding tert-OH is 2. The van der Waals surface area contributed by atoms with Gasteiger partial charge in [0, 0.05) is 23.6 Å². The molecule has 0 aliphatic carbocycles. The van der Waals surface area contributed by atoms with Crippen LogP contribution in [0.4, 0.5) is 0 Å². The van der Waals surface area contributed by atoms with E-state index >= 15 is 0 Å². The van der Waals surface area contributed by atoms with Gasteiger partial charge in [0.1, 0.15) is 12.2 Å². The van der Waals surface area contributed by atoms with Gasteiger partial charge in [0.25, 0.3) is 0 Å². The molecule has 1 aromatic heterocycles. The number of ether oxygens (including phenoxy) is 1. The molecule has 150 valence electrons. The molecule has 3 rings (SSSR count). The predicted molar refractivity (Wildman–Crippen MR) is 110 cm³/mol. The molecule has 5 nitrogen and oxygen atoms in total. The standard InChI is InChI=1S/C23H29NO4/c1-2-3-4-10-20(26)23-18-9-6-5-8-17(18)16(15-24-23)13-14-19(25)21-11-7-12-22(27)28-21/h5-6,8-9,13-15,19-21,25-26H,2-4,7,10-12H2,1H3/b14-13+/t19?,20?,21-/m0/s1. The van der Waals surface area contributed by atoms with Gasteiger partial charge in [-0.25, -0.2) is 0 Å². The van der Waals surface area contributed by atoms with Crippen LogP contribution in [-0.2, 0) is 9.53 Å². The lowest BCUT2D eigenvalue weighted by molar-refractivity contribution is -0.158. The SMILES string of the molecule is CCCCCC(O)c1ncc(/C=C/C(O)[C@@H]2CCCC(=O)O2)c2ccccc12. The van der Waals surface area contributed by atoms with Gasteiger partial charge in [0.2, 0.25) is 0 Å². The van der Waals surface area contributed by atoms with Crippen LogP contribution in [0.5, 0.6) is 0 Å². The van der Waals surface area contributed by atoms with Crippen LogP contribution in [0, 0.1) is 0 Å². The minimum Gasteiger partial charge on any atom is -0.459 e. The number of unbranched alkanes of at least 4 members (excludes halogenated alkanes) is 2. The van der Waals surface area contributed by atoms with Crippen molar-refractivity contribution in [2.75, 3.05) is 0 Å². The molecule has 1 saturated heterocycles. The van der Waals surface area contributed by atoms with Crippen molar-refractivity contribution in [1.29, 1.82) is 0 Å². The first kappa shape index (κ1) is 20.5.